The van der Waals surface area contributed by atoms with Crippen molar-refractivity contribution >= 4 is 17.7 Å². The minimum atomic E-state index is -0.395. The normalized spacial score (nSPS) is 20.2. The van der Waals surface area contributed by atoms with Gasteiger partial charge < -0.3 is 20.9 Å². The van der Waals surface area contributed by atoms with Crippen molar-refractivity contribution in [1.29, 1.82) is 0 Å². The third-order valence-electron chi connectivity index (χ3n) is 6.43. The van der Waals surface area contributed by atoms with Gasteiger partial charge in [-0.15, -0.1) is 0 Å². The lowest BCUT2D eigenvalue weighted by atomic mass is 9.83. The Morgan fingerprint density at radius 3 is 2.75 bits per heavy atom. The number of amides is 4. The molecule has 170 valence electrons. The molecular weight excluding hydrogens is 407 g/mol. The molecule has 1 heterocycles. The van der Waals surface area contributed by atoms with E-state index in [-0.39, 0.29) is 18.0 Å². The molecule has 0 saturated carbocycles. The fourth-order valence-electron chi connectivity index (χ4n) is 4.78. The third kappa shape index (κ3) is 5.78. The summed E-state index contributed by atoms with van der Waals surface area (Å²) in [5, 5.41) is 8.62. The van der Waals surface area contributed by atoms with Crippen LogP contribution in [0.25, 0.3) is 0 Å². The van der Waals surface area contributed by atoms with Crippen LogP contribution in [-0.2, 0) is 6.42 Å². The molecule has 0 bridgehead atoms. The van der Waals surface area contributed by atoms with Gasteiger partial charge in [0.25, 0.3) is 0 Å². The number of nitrogens with zero attached hydrogens (tertiary/aromatic N) is 1. The Hall–Kier alpha value is -3.09. The highest BCUT2D eigenvalue weighted by Crippen LogP contribution is 2.30. The van der Waals surface area contributed by atoms with Gasteiger partial charge in [0, 0.05) is 37.8 Å². The monoisotopic (exact) mass is 438 g/mol. The van der Waals surface area contributed by atoms with Crippen molar-refractivity contribution < 1.29 is 14.0 Å². The first-order chi connectivity index (χ1) is 15.6. The van der Waals surface area contributed by atoms with Gasteiger partial charge in [0.15, 0.2) is 0 Å². The molecule has 6 nitrogen and oxygen atoms in total. The lowest BCUT2D eigenvalue weighted by Crippen LogP contribution is -2.48. The van der Waals surface area contributed by atoms with Crippen molar-refractivity contribution in [2.45, 2.75) is 38.0 Å². The average Bonchev–Trinajstić information content (AvgIpc) is 2.81. The van der Waals surface area contributed by atoms with Crippen LogP contribution in [0.5, 0.6) is 0 Å². The van der Waals surface area contributed by atoms with E-state index in [0.717, 1.165) is 38.6 Å². The first-order valence-corrected chi connectivity index (χ1v) is 11.5. The van der Waals surface area contributed by atoms with E-state index in [1.807, 2.05) is 4.90 Å². The molecule has 0 spiro atoms. The number of fused-ring (bicyclic) bond motifs is 1. The number of aryl methyl sites for hydroxylation is 1. The van der Waals surface area contributed by atoms with Crippen LogP contribution in [0.2, 0.25) is 0 Å². The molecule has 2 aromatic rings. The SMILES string of the molecule is O=C(NCC1CCCN(C(=O)NCC2CCCc3ccccc32)C1)Nc1cccc(F)c1. The van der Waals surface area contributed by atoms with Crippen LogP contribution < -0.4 is 16.0 Å². The highest BCUT2D eigenvalue weighted by molar-refractivity contribution is 5.89. The van der Waals surface area contributed by atoms with Gasteiger partial charge in [0.05, 0.1) is 0 Å². The molecule has 1 saturated heterocycles. The number of piperidine rings is 1. The van der Waals surface area contributed by atoms with Gasteiger partial charge in [-0.1, -0.05) is 30.3 Å². The van der Waals surface area contributed by atoms with Gasteiger partial charge in [-0.25, -0.2) is 14.0 Å². The molecule has 4 rings (SSSR count). The zero-order valence-corrected chi connectivity index (χ0v) is 18.3. The summed E-state index contributed by atoms with van der Waals surface area (Å²) in [6.45, 7) is 2.48. The maximum absolute atomic E-state index is 13.3. The van der Waals surface area contributed by atoms with Gasteiger partial charge in [0.2, 0.25) is 0 Å². The van der Waals surface area contributed by atoms with E-state index in [1.54, 1.807) is 12.1 Å². The first kappa shape index (κ1) is 22.1. The maximum atomic E-state index is 13.3. The molecule has 2 aliphatic rings. The van der Waals surface area contributed by atoms with Crippen molar-refractivity contribution in [2.24, 2.45) is 5.92 Å². The van der Waals surface area contributed by atoms with E-state index in [9.17, 15) is 14.0 Å². The van der Waals surface area contributed by atoms with Crippen molar-refractivity contribution in [3.63, 3.8) is 0 Å². The van der Waals surface area contributed by atoms with Crippen molar-refractivity contribution in [3.05, 3.63) is 65.5 Å². The Morgan fingerprint density at radius 1 is 1.00 bits per heavy atom. The van der Waals surface area contributed by atoms with Crippen molar-refractivity contribution in [3.8, 4) is 0 Å². The minimum Gasteiger partial charge on any atom is -0.338 e. The molecule has 2 unspecified atom stereocenters. The molecule has 1 aliphatic heterocycles. The summed E-state index contributed by atoms with van der Waals surface area (Å²) in [5.41, 5.74) is 3.18. The summed E-state index contributed by atoms with van der Waals surface area (Å²) in [6.07, 6.45) is 5.25. The fourth-order valence-corrected chi connectivity index (χ4v) is 4.78. The maximum Gasteiger partial charge on any atom is 0.319 e. The van der Waals surface area contributed by atoms with Gasteiger partial charge >= 0.3 is 12.1 Å². The van der Waals surface area contributed by atoms with E-state index >= 15 is 0 Å². The average molecular weight is 439 g/mol. The summed E-state index contributed by atoms with van der Waals surface area (Å²) < 4.78 is 13.3. The van der Waals surface area contributed by atoms with Crippen molar-refractivity contribution in [2.75, 3.05) is 31.5 Å². The van der Waals surface area contributed by atoms with E-state index in [1.165, 1.54) is 23.3 Å². The Labute approximate surface area is 188 Å². The predicted molar refractivity (Wildman–Crippen MR) is 123 cm³/mol. The Bertz CT molecular complexity index is 951. The third-order valence-corrected chi connectivity index (χ3v) is 6.43. The predicted octanol–water partition coefficient (Wildman–Crippen LogP) is 4.49. The zero-order chi connectivity index (χ0) is 22.3. The van der Waals surface area contributed by atoms with E-state index in [0.29, 0.717) is 31.2 Å². The van der Waals surface area contributed by atoms with Gasteiger partial charge in [0.1, 0.15) is 5.82 Å². The van der Waals surface area contributed by atoms with Crippen LogP contribution in [0.4, 0.5) is 19.7 Å². The largest absolute Gasteiger partial charge is 0.338 e. The number of anilines is 1. The Kier molecular flexibility index (Phi) is 7.24. The van der Waals surface area contributed by atoms with Crippen LogP contribution in [0.3, 0.4) is 0 Å². The highest BCUT2D eigenvalue weighted by atomic mass is 19.1. The summed E-state index contributed by atoms with van der Waals surface area (Å²) >= 11 is 0. The topological polar surface area (TPSA) is 73.5 Å². The summed E-state index contributed by atoms with van der Waals surface area (Å²) in [4.78, 5) is 26.8. The molecule has 32 heavy (non-hydrogen) atoms. The summed E-state index contributed by atoms with van der Waals surface area (Å²) in [6, 6.07) is 13.9. The van der Waals surface area contributed by atoms with Crippen LogP contribution in [0.15, 0.2) is 48.5 Å². The second-order valence-corrected chi connectivity index (χ2v) is 8.77. The smallest absolute Gasteiger partial charge is 0.319 e. The van der Waals surface area contributed by atoms with Gasteiger partial charge in [-0.05, 0) is 67.3 Å². The molecule has 4 amide bonds. The second-order valence-electron chi connectivity index (χ2n) is 8.77. The number of hydrogen-bond acceptors (Lipinski definition) is 2. The number of hydrogen-bond donors (Lipinski definition) is 3. The molecule has 7 heteroatoms. The van der Waals surface area contributed by atoms with Crippen LogP contribution >= 0.6 is 0 Å². The van der Waals surface area contributed by atoms with E-state index < -0.39 is 5.82 Å². The van der Waals surface area contributed by atoms with Gasteiger partial charge in [-0.3, -0.25) is 0 Å². The highest BCUT2D eigenvalue weighted by Gasteiger charge is 2.26. The quantitative estimate of drug-likeness (QED) is 0.644. The number of nitrogens with one attached hydrogen (secondary N) is 3. The Morgan fingerprint density at radius 2 is 1.88 bits per heavy atom. The van der Waals surface area contributed by atoms with E-state index in [4.69, 9.17) is 0 Å². The Balaban J connectivity index is 1.22. The lowest BCUT2D eigenvalue weighted by molar-refractivity contribution is 0.164. The number of carbonyl (C=O) groups excluding carboxylic acids is 2. The standard InChI is InChI=1S/C25H31FN4O2/c26-21-10-4-11-22(14-21)29-24(31)27-15-18-6-5-13-30(17-18)25(32)28-16-20-9-3-8-19-7-1-2-12-23(19)20/h1-2,4,7,10-12,14,18,20H,3,5-6,8-9,13,15-17H2,(H,28,32)(H2,27,29,31). The molecule has 2 atom stereocenters. The molecule has 1 aliphatic carbocycles. The number of likely N-dealkylation sites (tertiary alicyclic amines) is 1. The molecular formula is C25H31FN4O2. The molecule has 2 aromatic carbocycles. The summed E-state index contributed by atoms with van der Waals surface area (Å²) in [5.74, 6) is 0.175. The number of benzene rings is 2. The zero-order valence-electron chi connectivity index (χ0n) is 18.3. The molecule has 0 radical (unpaired) electrons. The molecule has 0 aromatic heterocycles. The number of carbonyl (C=O) groups is 2. The minimum absolute atomic E-state index is 0.0260. The summed E-state index contributed by atoms with van der Waals surface area (Å²) in [7, 11) is 0. The van der Waals surface area contributed by atoms with Crippen LogP contribution in [0, 0.1) is 11.7 Å². The van der Waals surface area contributed by atoms with Crippen LogP contribution in [0.1, 0.15) is 42.7 Å². The number of urea groups is 2. The van der Waals surface area contributed by atoms with E-state index in [2.05, 4.69) is 40.2 Å². The first-order valence-electron chi connectivity index (χ1n) is 11.5. The second kappa shape index (κ2) is 10.5. The number of rotatable bonds is 5. The molecule has 3 N–H and O–H groups in total. The lowest BCUT2D eigenvalue weighted by Gasteiger charge is -2.33. The molecule has 1 fully saturated rings. The van der Waals surface area contributed by atoms with Crippen LogP contribution in [-0.4, -0.2) is 43.1 Å². The number of halogens is 1. The van der Waals surface area contributed by atoms with Gasteiger partial charge in [-0.2, -0.15) is 0 Å². The van der Waals surface area contributed by atoms with Crippen molar-refractivity contribution in [1.82, 2.24) is 15.5 Å². The fraction of sp³-hybridized carbons (Fsp3) is 0.440.